The first-order valence-corrected chi connectivity index (χ1v) is 19.1. The standard InChI is InChI=1S/C37H72N2O2S/c1-3-5-7-9-11-13-15-17-19-20-22-24-26-28-30-32-36(40)39-35(34-42)37(41)38-33-31-29-27-25-23-21-18-16-14-12-10-8-6-4-2/h17,19,35,42H,3-16,18,20-34H2,1-2H3,(H,38,41)(H,39,40)/b19-17+. The molecule has 4 nitrogen and oxygen atoms in total. The lowest BCUT2D eigenvalue weighted by Crippen LogP contribution is -2.48. The molecule has 5 heteroatoms. The molecule has 248 valence electrons. The summed E-state index contributed by atoms with van der Waals surface area (Å²) >= 11 is 4.30. The van der Waals surface area contributed by atoms with E-state index in [2.05, 4.69) is 49.3 Å². The highest BCUT2D eigenvalue weighted by molar-refractivity contribution is 7.80. The van der Waals surface area contributed by atoms with Crippen molar-refractivity contribution in [1.82, 2.24) is 10.6 Å². The van der Waals surface area contributed by atoms with Gasteiger partial charge in [-0.15, -0.1) is 0 Å². The molecule has 2 N–H and O–H groups in total. The summed E-state index contributed by atoms with van der Waals surface area (Å²) in [6.07, 6.45) is 40.0. The van der Waals surface area contributed by atoms with Gasteiger partial charge in [-0.25, -0.2) is 0 Å². The molecule has 0 fully saturated rings. The minimum atomic E-state index is -0.532. The lowest BCUT2D eigenvalue weighted by atomic mass is 10.0. The van der Waals surface area contributed by atoms with Gasteiger partial charge in [-0.3, -0.25) is 9.59 Å². The average Bonchev–Trinajstić information content (AvgIpc) is 2.99. The molecule has 1 unspecified atom stereocenters. The van der Waals surface area contributed by atoms with Crippen LogP contribution in [-0.4, -0.2) is 30.2 Å². The van der Waals surface area contributed by atoms with E-state index in [0.29, 0.717) is 18.7 Å². The van der Waals surface area contributed by atoms with Gasteiger partial charge in [0.25, 0.3) is 0 Å². The third kappa shape index (κ3) is 30.5. The second-order valence-corrected chi connectivity index (χ2v) is 12.9. The van der Waals surface area contributed by atoms with Crippen molar-refractivity contribution in [2.24, 2.45) is 0 Å². The predicted octanol–water partition coefficient (Wildman–Crippen LogP) is 11.0. The highest BCUT2D eigenvalue weighted by atomic mass is 32.1. The number of amides is 2. The van der Waals surface area contributed by atoms with Crippen LogP contribution in [0.15, 0.2) is 12.2 Å². The third-order valence-electron chi connectivity index (χ3n) is 8.33. The summed E-state index contributed by atoms with van der Waals surface area (Å²) in [5, 5.41) is 5.88. The lowest BCUT2D eigenvalue weighted by molar-refractivity contribution is -0.128. The maximum absolute atomic E-state index is 12.5. The number of thiol groups is 1. The molecule has 2 amide bonds. The second-order valence-electron chi connectivity index (χ2n) is 12.5. The van der Waals surface area contributed by atoms with Crippen LogP contribution >= 0.6 is 12.6 Å². The van der Waals surface area contributed by atoms with E-state index in [1.807, 2.05) is 0 Å². The largest absolute Gasteiger partial charge is 0.354 e. The Balaban J connectivity index is 3.56. The molecule has 0 aromatic rings. The van der Waals surface area contributed by atoms with Crippen LogP contribution in [0.2, 0.25) is 0 Å². The van der Waals surface area contributed by atoms with Crippen LogP contribution < -0.4 is 10.6 Å². The van der Waals surface area contributed by atoms with E-state index in [1.165, 1.54) is 148 Å². The van der Waals surface area contributed by atoms with Crippen molar-refractivity contribution in [2.75, 3.05) is 12.3 Å². The van der Waals surface area contributed by atoms with E-state index in [1.54, 1.807) is 0 Å². The predicted molar refractivity (Wildman–Crippen MR) is 189 cm³/mol. The molecule has 42 heavy (non-hydrogen) atoms. The Morgan fingerprint density at radius 2 is 0.929 bits per heavy atom. The van der Waals surface area contributed by atoms with Gasteiger partial charge in [0.15, 0.2) is 0 Å². The van der Waals surface area contributed by atoms with Crippen molar-refractivity contribution in [2.45, 2.75) is 200 Å². The van der Waals surface area contributed by atoms with Crippen LogP contribution in [0.1, 0.15) is 194 Å². The van der Waals surface area contributed by atoms with Crippen molar-refractivity contribution in [3.8, 4) is 0 Å². The first-order chi connectivity index (χ1) is 20.7. The van der Waals surface area contributed by atoms with Gasteiger partial charge >= 0.3 is 0 Å². The first kappa shape index (κ1) is 41.0. The van der Waals surface area contributed by atoms with Gasteiger partial charge in [0.2, 0.25) is 11.8 Å². The number of unbranched alkanes of at least 4 members (excludes halogenated alkanes) is 24. The summed E-state index contributed by atoms with van der Waals surface area (Å²) in [6.45, 7) is 5.23. The molecule has 1 atom stereocenters. The van der Waals surface area contributed by atoms with Crippen LogP contribution in [-0.2, 0) is 9.59 Å². The Bertz CT molecular complexity index is 611. The highest BCUT2D eigenvalue weighted by Gasteiger charge is 2.18. The molecule has 0 aliphatic heterocycles. The van der Waals surface area contributed by atoms with Gasteiger partial charge in [0.1, 0.15) is 6.04 Å². The summed E-state index contributed by atoms with van der Waals surface area (Å²) in [5.74, 6) is 0.207. The zero-order valence-electron chi connectivity index (χ0n) is 28.2. The van der Waals surface area contributed by atoms with Gasteiger partial charge in [0.05, 0.1) is 0 Å². The summed E-state index contributed by atoms with van der Waals surface area (Å²) in [5.41, 5.74) is 0. The molecule has 0 saturated carbocycles. The van der Waals surface area contributed by atoms with Crippen molar-refractivity contribution in [3.05, 3.63) is 12.2 Å². The highest BCUT2D eigenvalue weighted by Crippen LogP contribution is 2.13. The topological polar surface area (TPSA) is 58.2 Å². The molecule has 0 radical (unpaired) electrons. The third-order valence-corrected chi connectivity index (χ3v) is 8.69. The Hall–Kier alpha value is -0.970. The number of hydrogen-bond donors (Lipinski definition) is 3. The van der Waals surface area contributed by atoms with E-state index >= 15 is 0 Å². The van der Waals surface area contributed by atoms with Crippen LogP contribution in [0.25, 0.3) is 0 Å². The van der Waals surface area contributed by atoms with E-state index in [4.69, 9.17) is 0 Å². The fourth-order valence-corrected chi connectivity index (χ4v) is 5.73. The summed E-state index contributed by atoms with van der Waals surface area (Å²) in [7, 11) is 0. The zero-order valence-corrected chi connectivity index (χ0v) is 29.1. The molecule has 0 rings (SSSR count). The number of rotatable bonds is 33. The van der Waals surface area contributed by atoms with Gasteiger partial charge in [-0.1, -0.05) is 161 Å². The van der Waals surface area contributed by atoms with Crippen LogP contribution in [0.5, 0.6) is 0 Å². The summed E-state index contributed by atoms with van der Waals surface area (Å²) in [6, 6.07) is -0.532. The Morgan fingerprint density at radius 3 is 1.36 bits per heavy atom. The monoisotopic (exact) mass is 609 g/mol. The van der Waals surface area contributed by atoms with Gasteiger partial charge < -0.3 is 10.6 Å². The van der Waals surface area contributed by atoms with Crippen molar-refractivity contribution < 1.29 is 9.59 Å². The quantitative estimate of drug-likeness (QED) is 0.0394. The minimum Gasteiger partial charge on any atom is -0.354 e. The Morgan fingerprint density at radius 1 is 0.548 bits per heavy atom. The molecule has 0 heterocycles. The van der Waals surface area contributed by atoms with Gasteiger partial charge in [0, 0.05) is 18.7 Å². The van der Waals surface area contributed by atoms with Crippen LogP contribution in [0, 0.1) is 0 Å². The smallest absolute Gasteiger partial charge is 0.243 e. The zero-order chi connectivity index (χ0) is 30.8. The van der Waals surface area contributed by atoms with E-state index in [-0.39, 0.29) is 11.8 Å². The molecular weight excluding hydrogens is 536 g/mol. The normalized spacial score (nSPS) is 12.2. The average molecular weight is 609 g/mol. The second kappa shape index (κ2) is 34.5. The lowest BCUT2D eigenvalue weighted by Gasteiger charge is -2.16. The SMILES string of the molecule is CCCCCCCC/C=C/CCCCCCCC(=O)NC(CS)C(=O)NCCCCCCCCCCCCCCCC. The molecule has 0 aliphatic carbocycles. The summed E-state index contributed by atoms with van der Waals surface area (Å²) in [4.78, 5) is 24.8. The number of hydrogen-bond acceptors (Lipinski definition) is 3. The maximum atomic E-state index is 12.5. The number of allylic oxidation sites excluding steroid dienone is 2. The van der Waals surface area contributed by atoms with E-state index < -0.39 is 6.04 Å². The molecule has 0 aromatic heterocycles. The van der Waals surface area contributed by atoms with Crippen molar-refractivity contribution in [3.63, 3.8) is 0 Å². The maximum Gasteiger partial charge on any atom is 0.243 e. The Kier molecular flexibility index (Phi) is 33.7. The van der Waals surface area contributed by atoms with Gasteiger partial charge in [-0.05, 0) is 38.5 Å². The van der Waals surface area contributed by atoms with Crippen molar-refractivity contribution in [1.29, 1.82) is 0 Å². The fraction of sp³-hybridized carbons (Fsp3) is 0.892. The van der Waals surface area contributed by atoms with Gasteiger partial charge in [-0.2, -0.15) is 12.6 Å². The fourth-order valence-electron chi connectivity index (χ4n) is 5.47. The molecular formula is C37H72N2O2S. The molecule has 0 aliphatic rings. The number of carbonyl (C=O) groups excluding carboxylic acids is 2. The van der Waals surface area contributed by atoms with Crippen LogP contribution in [0.3, 0.4) is 0 Å². The molecule has 0 bridgehead atoms. The summed E-state index contributed by atoms with van der Waals surface area (Å²) < 4.78 is 0. The number of nitrogens with one attached hydrogen (secondary N) is 2. The molecule has 0 spiro atoms. The Labute approximate surface area is 268 Å². The number of carbonyl (C=O) groups is 2. The first-order valence-electron chi connectivity index (χ1n) is 18.5. The molecule has 0 aromatic carbocycles. The van der Waals surface area contributed by atoms with E-state index in [0.717, 1.165) is 25.7 Å². The molecule has 0 saturated heterocycles. The minimum absolute atomic E-state index is 0.0293. The van der Waals surface area contributed by atoms with Crippen LogP contribution in [0.4, 0.5) is 0 Å². The van der Waals surface area contributed by atoms with E-state index in [9.17, 15) is 9.59 Å². The van der Waals surface area contributed by atoms with Crippen molar-refractivity contribution >= 4 is 24.4 Å².